The molecule has 0 radical (unpaired) electrons. The summed E-state index contributed by atoms with van der Waals surface area (Å²) in [5.41, 5.74) is 0.194. The molecule has 0 unspecified atom stereocenters. The summed E-state index contributed by atoms with van der Waals surface area (Å²) in [5, 5.41) is 3.12. The normalized spacial score (nSPS) is 16.3. The first kappa shape index (κ1) is 22.2. The molecule has 2 rings (SSSR count). The molecule has 0 spiro atoms. The number of halogens is 2. The number of amides is 1. The summed E-state index contributed by atoms with van der Waals surface area (Å²) in [5.74, 6) is -0.380. The van der Waals surface area contributed by atoms with Gasteiger partial charge in [0.2, 0.25) is 15.9 Å². The lowest BCUT2D eigenvalue weighted by Gasteiger charge is -2.32. The molecular formula is C17H26Cl2N4O3S. The van der Waals surface area contributed by atoms with E-state index in [-0.39, 0.29) is 28.2 Å². The number of anilines is 1. The molecule has 1 heterocycles. The fraction of sp³-hybridized carbons (Fsp3) is 0.588. The molecule has 152 valence electrons. The molecule has 1 aromatic rings. The molecule has 1 N–H and O–H groups in total. The Kier molecular flexibility index (Phi) is 8.18. The van der Waals surface area contributed by atoms with E-state index in [1.54, 1.807) is 12.1 Å². The second-order valence-electron chi connectivity index (χ2n) is 6.69. The van der Waals surface area contributed by atoms with Gasteiger partial charge in [0.25, 0.3) is 0 Å². The molecule has 0 aliphatic carbocycles. The van der Waals surface area contributed by atoms with Crippen molar-refractivity contribution in [3.05, 3.63) is 28.2 Å². The Morgan fingerprint density at radius 2 is 1.89 bits per heavy atom. The van der Waals surface area contributed by atoms with E-state index in [1.165, 1.54) is 6.07 Å². The predicted molar refractivity (Wildman–Crippen MR) is 110 cm³/mol. The average Bonchev–Trinajstić information content (AvgIpc) is 2.60. The molecule has 0 atom stereocenters. The van der Waals surface area contributed by atoms with Gasteiger partial charge in [0.1, 0.15) is 6.54 Å². The smallest absolute Gasteiger partial charge is 0.240 e. The van der Waals surface area contributed by atoms with E-state index in [2.05, 4.69) is 22.2 Å². The van der Waals surface area contributed by atoms with E-state index in [4.69, 9.17) is 23.2 Å². The predicted octanol–water partition coefficient (Wildman–Crippen LogP) is 1.51. The summed E-state index contributed by atoms with van der Waals surface area (Å²) in [4.78, 5) is 16.9. The first-order chi connectivity index (χ1) is 12.7. The number of likely N-dealkylation sites (N-methyl/N-ethyl adjacent to an activating group) is 1. The third-order valence-corrected chi connectivity index (χ3v) is 6.39. The van der Waals surface area contributed by atoms with E-state index < -0.39 is 10.0 Å². The van der Waals surface area contributed by atoms with E-state index in [0.29, 0.717) is 6.54 Å². The van der Waals surface area contributed by atoms with Gasteiger partial charge in [-0.25, -0.2) is 8.42 Å². The molecular weight excluding hydrogens is 411 g/mol. The minimum Gasteiger partial charge on any atom is -0.354 e. The first-order valence-corrected chi connectivity index (χ1v) is 11.4. The molecule has 1 aliphatic rings. The Morgan fingerprint density at radius 3 is 2.52 bits per heavy atom. The van der Waals surface area contributed by atoms with Crippen LogP contribution < -0.4 is 9.62 Å². The zero-order valence-electron chi connectivity index (χ0n) is 15.6. The molecule has 10 heteroatoms. The third-order valence-electron chi connectivity index (χ3n) is 4.46. The van der Waals surface area contributed by atoms with E-state index in [9.17, 15) is 13.2 Å². The van der Waals surface area contributed by atoms with Crippen molar-refractivity contribution >= 4 is 44.8 Å². The fourth-order valence-corrected chi connectivity index (χ4v) is 4.16. The van der Waals surface area contributed by atoms with E-state index in [1.807, 2.05) is 0 Å². The number of carbonyl (C=O) groups excluding carboxylic acids is 1. The monoisotopic (exact) mass is 436 g/mol. The summed E-state index contributed by atoms with van der Waals surface area (Å²) >= 11 is 12.1. The number of sulfonamides is 1. The second kappa shape index (κ2) is 9.93. The fourth-order valence-electron chi connectivity index (χ4n) is 2.85. The van der Waals surface area contributed by atoms with Gasteiger partial charge in [-0.2, -0.15) is 0 Å². The van der Waals surface area contributed by atoms with Gasteiger partial charge in [-0.1, -0.05) is 29.3 Å². The maximum absolute atomic E-state index is 12.3. The third kappa shape index (κ3) is 6.80. The quantitative estimate of drug-likeness (QED) is 0.625. The summed E-state index contributed by atoms with van der Waals surface area (Å²) in [6.45, 7) is 5.22. The Balaban J connectivity index is 1.86. The molecule has 1 aromatic carbocycles. The van der Waals surface area contributed by atoms with Crippen molar-refractivity contribution in [3.63, 3.8) is 0 Å². The van der Waals surface area contributed by atoms with Crippen LogP contribution in [0.1, 0.15) is 6.42 Å². The Hall–Kier alpha value is -1.06. The summed E-state index contributed by atoms with van der Waals surface area (Å²) in [7, 11) is -1.58. The van der Waals surface area contributed by atoms with Crippen LogP contribution in [0.5, 0.6) is 0 Å². The summed E-state index contributed by atoms with van der Waals surface area (Å²) in [6.07, 6.45) is 1.84. The first-order valence-electron chi connectivity index (χ1n) is 8.78. The number of carbonyl (C=O) groups is 1. The van der Waals surface area contributed by atoms with Crippen LogP contribution in [0.2, 0.25) is 10.0 Å². The number of hydrogen-bond donors (Lipinski definition) is 1. The maximum atomic E-state index is 12.3. The number of benzene rings is 1. The molecule has 1 fully saturated rings. The second-order valence-corrected chi connectivity index (χ2v) is 9.38. The van der Waals surface area contributed by atoms with Crippen molar-refractivity contribution in [2.75, 3.05) is 63.4 Å². The number of rotatable bonds is 8. The lowest BCUT2D eigenvalue weighted by atomic mass is 10.3. The Labute approximate surface area is 171 Å². The molecule has 0 bridgehead atoms. The Morgan fingerprint density at radius 1 is 1.22 bits per heavy atom. The van der Waals surface area contributed by atoms with Crippen LogP contribution in [0.4, 0.5) is 5.69 Å². The van der Waals surface area contributed by atoms with E-state index >= 15 is 0 Å². The van der Waals surface area contributed by atoms with Gasteiger partial charge in [-0.15, -0.1) is 0 Å². The number of piperazine rings is 1. The highest BCUT2D eigenvalue weighted by atomic mass is 35.5. The van der Waals surface area contributed by atoms with Gasteiger partial charge >= 0.3 is 0 Å². The van der Waals surface area contributed by atoms with Gasteiger partial charge < -0.3 is 15.1 Å². The highest BCUT2D eigenvalue weighted by Gasteiger charge is 2.23. The van der Waals surface area contributed by atoms with Crippen LogP contribution in [0.3, 0.4) is 0 Å². The van der Waals surface area contributed by atoms with Crippen molar-refractivity contribution in [2.24, 2.45) is 0 Å². The van der Waals surface area contributed by atoms with Crippen molar-refractivity contribution < 1.29 is 13.2 Å². The Bertz CT molecular complexity index is 753. The standard InChI is InChI=1S/C17H26Cl2N4O3S/c1-21-9-11-22(12-10-21)8-4-7-20-16(24)13-23(27(2,25)26)15-6-3-5-14(18)17(15)19/h3,5-6H,4,7-13H2,1-2H3,(H,20,24). The van der Waals surface area contributed by atoms with Crippen LogP contribution in [0.15, 0.2) is 18.2 Å². The van der Waals surface area contributed by atoms with E-state index in [0.717, 1.165) is 49.7 Å². The van der Waals surface area contributed by atoms with Crippen LogP contribution in [0.25, 0.3) is 0 Å². The zero-order chi connectivity index (χ0) is 20.0. The van der Waals surface area contributed by atoms with Crippen LogP contribution in [-0.4, -0.2) is 83.2 Å². The number of nitrogens with one attached hydrogen (secondary N) is 1. The summed E-state index contributed by atoms with van der Waals surface area (Å²) < 4.78 is 25.2. The number of hydrogen-bond acceptors (Lipinski definition) is 5. The van der Waals surface area contributed by atoms with Crippen molar-refractivity contribution in [1.29, 1.82) is 0 Å². The largest absolute Gasteiger partial charge is 0.354 e. The van der Waals surface area contributed by atoms with Gasteiger partial charge in [0, 0.05) is 32.7 Å². The lowest BCUT2D eigenvalue weighted by Crippen LogP contribution is -2.45. The minimum atomic E-state index is -3.69. The average molecular weight is 437 g/mol. The highest BCUT2D eigenvalue weighted by molar-refractivity contribution is 7.92. The van der Waals surface area contributed by atoms with Crippen molar-refractivity contribution in [3.8, 4) is 0 Å². The topological polar surface area (TPSA) is 73.0 Å². The molecule has 27 heavy (non-hydrogen) atoms. The highest BCUT2D eigenvalue weighted by Crippen LogP contribution is 2.33. The van der Waals surface area contributed by atoms with Gasteiger partial charge in [0.05, 0.1) is 22.0 Å². The van der Waals surface area contributed by atoms with Crippen molar-refractivity contribution in [1.82, 2.24) is 15.1 Å². The maximum Gasteiger partial charge on any atom is 0.240 e. The van der Waals surface area contributed by atoms with Crippen LogP contribution in [0, 0.1) is 0 Å². The molecule has 1 saturated heterocycles. The number of nitrogens with zero attached hydrogens (tertiary/aromatic N) is 3. The summed E-state index contributed by atoms with van der Waals surface area (Å²) in [6, 6.07) is 4.68. The molecule has 7 nitrogen and oxygen atoms in total. The van der Waals surface area contributed by atoms with Crippen LogP contribution in [-0.2, 0) is 14.8 Å². The lowest BCUT2D eigenvalue weighted by molar-refractivity contribution is -0.119. The van der Waals surface area contributed by atoms with Crippen LogP contribution >= 0.6 is 23.2 Å². The zero-order valence-corrected chi connectivity index (χ0v) is 17.9. The minimum absolute atomic E-state index is 0.104. The van der Waals surface area contributed by atoms with Gasteiger partial charge in [-0.05, 0) is 32.1 Å². The SMILES string of the molecule is CN1CCN(CCCNC(=O)CN(c2cccc(Cl)c2Cl)S(C)(=O)=O)CC1. The molecule has 0 saturated carbocycles. The van der Waals surface area contributed by atoms with Gasteiger partial charge in [-0.3, -0.25) is 9.10 Å². The van der Waals surface area contributed by atoms with Crippen molar-refractivity contribution in [2.45, 2.75) is 6.42 Å². The molecule has 1 aliphatic heterocycles. The molecule has 0 aromatic heterocycles. The molecule has 1 amide bonds. The van der Waals surface area contributed by atoms with Gasteiger partial charge in [0.15, 0.2) is 0 Å².